The number of carbonyl (C=O) groups is 1. The van der Waals surface area contributed by atoms with Gasteiger partial charge in [-0.3, -0.25) is 4.90 Å². The van der Waals surface area contributed by atoms with Gasteiger partial charge in [-0.15, -0.1) is 0 Å². The van der Waals surface area contributed by atoms with Crippen molar-refractivity contribution in [2.75, 3.05) is 32.8 Å². The van der Waals surface area contributed by atoms with Crippen molar-refractivity contribution in [2.45, 2.75) is 50.6 Å². The molecule has 1 aromatic carbocycles. The van der Waals surface area contributed by atoms with Crippen LogP contribution in [0.15, 0.2) is 24.3 Å². The molecule has 3 aliphatic rings. The van der Waals surface area contributed by atoms with Gasteiger partial charge in [-0.2, -0.15) is 0 Å². The molecule has 2 fully saturated rings. The maximum atomic E-state index is 12.6. The van der Waals surface area contributed by atoms with Crippen LogP contribution in [0.4, 0.5) is 4.79 Å². The van der Waals surface area contributed by atoms with Crippen molar-refractivity contribution in [3.63, 3.8) is 0 Å². The molecule has 2 amide bonds. The van der Waals surface area contributed by atoms with Crippen LogP contribution >= 0.6 is 0 Å². The van der Waals surface area contributed by atoms with Crippen molar-refractivity contribution in [1.82, 2.24) is 15.1 Å². The van der Waals surface area contributed by atoms with Crippen LogP contribution in [0, 0.1) is 0 Å². The summed E-state index contributed by atoms with van der Waals surface area (Å²) >= 11 is 0. The number of hydrogen-bond donors (Lipinski definition) is 1. The minimum absolute atomic E-state index is 0.0660. The second-order valence-corrected chi connectivity index (χ2v) is 7.58. The highest BCUT2D eigenvalue weighted by Gasteiger charge is 2.28. The summed E-state index contributed by atoms with van der Waals surface area (Å²) < 4.78 is 5.78. The molecule has 0 spiro atoms. The highest BCUT2D eigenvalue weighted by Crippen LogP contribution is 2.25. The lowest BCUT2D eigenvalue weighted by atomic mass is 9.94. The standard InChI is InChI=1S/C20H29N3O2/c24-20(21-17-14-16-6-4-5-9-19(16)25-15-17)23-12-10-22(11-13-23)18-7-2-1-3-8-18/h4-6,9,17-18H,1-3,7-8,10-15H2,(H,21,24)/t17-/m1/s1. The predicted molar refractivity (Wildman–Crippen MR) is 98.0 cm³/mol. The highest BCUT2D eigenvalue weighted by atomic mass is 16.5. The van der Waals surface area contributed by atoms with Crippen LogP contribution in [-0.4, -0.2) is 60.7 Å². The molecule has 136 valence electrons. The van der Waals surface area contributed by atoms with E-state index >= 15 is 0 Å². The Morgan fingerprint density at radius 2 is 1.80 bits per heavy atom. The third-order valence-corrected chi connectivity index (χ3v) is 5.90. The Bertz CT molecular complexity index is 592. The summed E-state index contributed by atoms with van der Waals surface area (Å²) in [5, 5.41) is 3.17. The van der Waals surface area contributed by atoms with Gasteiger partial charge in [0.25, 0.3) is 0 Å². The van der Waals surface area contributed by atoms with E-state index < -0.39 is 0 Å². The smallest absolute Gasteiger partial charge is 0.317 e. The molecule has 2 heterocycles. The Labute approximate surface area is 150 Å². The van der Waals surface area contributed by atoms with Crippen molar-refractivity contribution in [1.29, 1.82) is 0 Å². The molecule has 0 unspecified atom stereocenters. The van der Waals surface area contributed by atoms with Crippen molar-refractivity contribution in [3.8, 4) is 5.75 Å². The third-order valence-electron chi connectivity index (χ3n) is 5.90. The van der Waals surface area contributed by atoms with Crippen LogP contribution in [0.25, 0.3) is 0 Å². The Kier molecular flexibility index (Phi) is 5.11. The number of nitrogens with zero attached hydrogens (tertiary/aromatic N) is 2. The van der Waals surface area contributed by atoms with Crippen LogP contribution < -0.4 is 10.1 Å². The first kappa shape index (κ1) is 16.7. The zero-order chi connectivity index (χ0) is 17.1. The number of piperazine rings is 1. The number of benzene rings is 1. The number of para-hydroxylation sites is 1. The largest absolute Gasteiger partial charge is 0.491 e. The van der Waals surface area contributed by atoms with Crippen molar-refractivity contribution in [2.24, 2.45) is 0 Å². The molecule has 5 nitrogen and oxygen atoms in total. The number of fused-ring (bicyclic) bond motifs is 1. The van der Waals surface area contributed by atoms with Crippen molar-refractivity contribution in [3.05, 3.63) is 29.8 Å². The Hall–Kier alpha value is -1.75. The number of carbonyl (C=O) groups excluding carboxylic acids is 1. The number of nitrogens with one attached hydrogen (secondary N) is 1. The van der Waals surface area contributed by atoms with Gasteiger partial charge in [-0.05, 0) is 30.9 Å². The summed E-state index contributed by atoms with van der Waals surface area (Å²) in [4.78, 5) is 17.2. The van der Waals surface area contributed by atoms with Crippen LogP contribution in [0.2, 0.25) is 0 Å². The number of urea groups is 1. The number of amides is 2. The van der Waals surface area contributed by atoms with E-state index in [-0.39, 0.29) is 12.1 Å². The van der Waals surface area contributed by atoms with Crippen LogP contribution in [0.3, 0.4) is 0 Å². The first-order valence-electron chi connectivity index (χ1n) is 9.80. The fraction of sp³-hybridized carbons (Fsp3) is 0.650. The second kappa shape index (κ2) is 7.65. The van der Waals surface area contributed by atoms with E-state index in [1.165, 1.54) is 37.7 Å². The summed E-state index contributed by atoms with van der Waals surface area (Å²) in [5.74, 6) is 0.953. The molecule has 1 aromatic rings. The molecule has 0 aromatic heterocycles. The number of hydrogen-bond acceptors (Lipinski definition) is 3. The van der Waals surface area contributed by atoms with Crippen LogP contribution in [0.1, 0.15) is 37.7 Å². The molecule has 5 heteroatoms. The van der Waals surface area contributed by atoms with E-state index in [1.54, 1.807) is 0 Å². The fourth-order valence-electron chi connectivity index (χ4n) is 4.42. The van der Waals surface area contributed by atoms with Crippen molar-refractivity contribution < 1.29 is 9.53 Å². The molecule has 0 radical (unpaired) electrons. The van der Waals surface area contributed by atoms with Gasteiger partial charge >= 0.3 is 6.03 Å². The first-order chi connectivity index (χ1) is 12.3. The Balaban J connectivity index is 1.25. The summed E-state index contributed by atoms with van der Waals surface area (Å²) in [5.41, 5.74) is 1.18. The third kappa shape index (κ3) is 3.92. The quantitative estimate of drug-likeness (QED) is 0.898. The Morgan fingerprint density at radius 3 is 2.60 bits per heavy atom. The predicted octanol–water partition coefficient (Wildman–Crippen LogP) is 2.65. The molecule has 0 bridgehead atoms. The minimum Gasteiger partial charge on any atom is -0.491 e. The number of rotatable bonds is 2. The lowest BCUT2D eigenvalue weighted by molar-refractivity contribution is 0.0885. The first-order valence-corrected chi connectivity index (χ1v) is 9.80. The lowest BCUT2D eigenvalue weighted by Gasteiger charge is -2.41. The monoisotopic (exact) mass is 343 g/mol. The second-order valence-electron chi connectivity index (χ2n) is 7.58. The van der Waals surface area contributed by atoms with Crippen LogP contribution in [0.5, 0.6) is 5.75 Å². The van der Waals surface area contributed by atoms with Gasteiger partial charge in [0.05, 0.1) is 6.04 Å². The Morgan fingerprint density at radius 1 is 1.04 bits per heavy atom. The highest BCUT2D eigenvalue weighted by molar-refractivity contribution is 5.74. The van der Waals surface area contributed by atoms with Gasteiger partial charge in [-0.1, -0.05) is 37.5 Å². The number of ether oxygens (including phenoxy) is 1. The average Bonchev–Trinajstić information content (AvgIpc) is 2.69. The summed E-state index contributed by atoms with van der Waals surface area (Å²) in [7, 11) is 0. The molecule has 1 saturated carbocycles. The molecule has 1 N–H and O–H groups in total. The lowest BCUT2D eigenvalue weighted by Crippen LogP contribution is -2.56. The molecule has 1 aliphatic carbocycles. The van der Waals surface area contributed by atoms with Gasteiger partial charge in [0.15, 0.2) is 0 Å². The summed E-state index contributed by atoms with van der Waals surface area (Å²) in [6, 6.07) is 8.98. The van der Waals surface area contributed by atoms with E-state index in [1.807, 2.05) is 23.1 Å². The zero-order valence-corrected chi connectivity index (χ0v) is 15.0. The van der Waals surface area contributed by atoms with Gasteiger partial charge in [0, 0.05) is 32.2 Å². The molecular formula is C20H29N3O2. The van der Waals surface area contributed by atoms with Gasteiger partial charge < -0.3 is 15.0 Å². The van der Waals surface area contributed by atoms with E-state index in [9.17, 15) is 4.79 Å². The molecule has 1 atom stereocenters. The molecular weight excluding hydrogens is 314 g/mol. The van der Waals surface area contributed by atoms with E-state index in [2.05, 4.69) is 16.3 Å². The molecule has 4 rings (SSSR count). The molecule has 1 saturated heterocycles. The minimum atomic E-state index is 0.0660. The fourth-order valence-corrected chi connectivity index (χ4v) is 4.42. The average molecular weight is 343 g/mol. The van der Waals surface area contributed by atoms with Gasteiger partial charge in [-0.25, -0.2) is 4.79 Å². The maximum Gasteiger partial charge on any atom is 0.317 e. The molecule has 25 heavy (non-hydrogen) atoms. The van der Waals surface area contributed by atoms with E-state index in [4.69, 9.17) is 4.74 Å². The molecule has 2 aliphatic heterocycles. The summed E-state index contributed by atoms with van der Waals surface area (Å²) in [6.07, 6.45) is 7.66. The maximum absolute atomic E-state index is 12.6. The van der Waals surface area contributed by atoms with E-state index in [0.29, 0.717) is 6.61 Å². The van der Waals surface area contributed by atoms with Crippen molar-refractivity contribution >= 4 is 6.03 Å². The SMILES string of the molecule is O=C(N[C@H]1COc2ccccc2C1)N1CCN(C2CCCCC2)CC1. The summed E-state index contributed by atoms with van der Waals surface area (Å²) in [6.45, 7) is 4.27. The van der Waals surface area contributed by atoms with Crippen LogP contribution in [-0.2, 0) is 6.42 Å². The van der Waals surface area contributed by atoms with Gasteiger partial charge in [0.2, 0.25) is 0 Å². The zero-order valence-electron chi connectivity index (χ0n) is 15.0. The van der Waals surface area contributed by atoms with Gasteiger partial charge in [0.1, 0.15) is 12.4 Å². The normalized spacial score (nSPS) is 25.1. The van der Waals surface area contributed by atoms with E-state index in [0.717, 1.165) is 44.4 Å². The topological polar surface area (TPSA) is 44.8 Å².